The highest BCUT2D eigenvalue weighted by Crippen LogP contribution is 2.34. The van der Waals surface area contributed by atoms with Gasteiger partial charge >= 0.3 is 0 Å². The molecule has 1 aliphatic carbocycles. The average molecular weight is 286 g/mol. The predicted octanol–water partition coefficient (Wildman–Crippen LogP) is 3.82. The number of rotatable bonds is 4. The van der Waals surface area contributed by atoms with Crippen LogP contribution in [0.1, 0.15) is 51.5 Å². The third kappa shape index (κ3) is 3.67. The quantitative estimate of drug-likeness (QED) is 0.905. The van der Waals surface area contributed by atoms with Crippen LogP contribution in [0, 0.1) is 5.92 Å². The van der Waals surface area contributed by atoms with Gasteiger partial charge in [-0.3, -0.25) is 4.90 Å². The van der Waals surface area contributed by atoms with E-state index in [1.165, 1.54) is 50.8 Å². The second-order valence-corrected chi connectivity index (χ2v) is 7.54. The van der Waals surface area contributed by atoms with Gasteiger partial charge in [-0.2, -0.15) is 0 Å². The molecule has 1 N–H and O–H groups in total. The smallest absolute Gasteiger partial charge is 0.0309 e. The van der Waals surface area contributed by atoms with E-state index >= 15 is 0 Å². The summed E-state index contributed by atoms with van der Waals surface area (Å²) in [6.45, 7) is 8.22. The molecular formula is C19H30N2. The van der Waals surface area contributed by atoms with Gasteiger partial charge in [0.05, 0.1) is 0 Å². The van der Waals surface area contributed by atoms with Crippen LogP contribution in [-0.4, -0.2) is 29.6 Å². The standard InChI is InChI=1S/C19H30N2/c1-16(2)12-18-13-20-19(10-6-7-11-19)15-21(18)14-17-8-4-3-5-9-17/h3-5,8-9,16,18,20H,6-7,10-15H2,1-2H3. The van der Waals surface area contributed by atoms with E-state index in [1.54, 1.807) is 0 Å². The molecule has 0 aromatic heterocycles. The lowest BCUT2D eigenvalue weighted by Gasteiger charge is -2.47. The molecule has 2 heteroatoms. The zero-order chi connectivity index (χ0) is 14.7. The fourth-order valence-electron chi connectivity index (χ4n) is 4.20. The van der Waals surface area contributed by atoms with Crippen LogP contribution in [0.3, 0.4) is 0 Å². The molecule has 1 aromatic carbocycles. The average Bonchev–Trinajstić information content (AvgIpc) is 2.91. The van der Waals surface area contributed by atoms with Gasteiger partial charge in [0.2, 0.25) is 0 Å². The molecule has 1 atom stereocenters. The van der Waals surface area contributed by atoms with Crippen LogP contribution in [-0.2, 0) is 6.54 Å². The molecule has 0 amide bonds. The first-order chi connectivity index (χ1) is 10.2. The monoisotopic (exact) mass is 286 g/mol. The number of nitrogens with zero attached hydrogens (tertiary/aromatic N) is 1. The highest BCUT2D eigenvalue weighted by atomic mass is 15.3. The molecule has 2 aliphatic rings. The normalized spacial score (nSPS) is 25.8. The molecule has 116 valence electrons. The Morgan fingerprint density at radius 2 is 1.90 bits per heavy atom. The van der Waals surface area contributed by atoms with Crippen molar-refractivity contribution in [3.8, 4) is 0 Å². The topological polar surface area (TPSA) is 15.3 Å². The molecule has 2 fully saturated rings. The van der Waals surface area contributed by atoms with E-state index in [1.807, 2.05) is 0 Å². The van der Waals surface area contributed by atoms with Crippen LogP contribution in [0.4, 0.5) is 0 Å². The van der Waals surface area contributed by atoms with E-state index < -0.39 is 0 Å². The van der Waals surface area contributed by atoms with Crippen LogP contribution in [0.2, 0.25) is 0 Å². The van der Waals surface area contributed by atoms with Gasteiger partial charge in [-0.25, -0.2) is 0 Å². The zero-order valence-corrected chi connectivity index (χ0v) is 13.6. The largest absolute Gasteiger partial charge is 0.308 e. The lowest BCUT2D eigenvalue weighted by Crippen LogP contribution is -2.62. The fraction of sp³-hybridized carbons (Fsp3) is 0.684. The number of hydrogen-bond acceptors (Lipinski definition) is 2. The maximum atomic E-state index is 3.92. The third-order valence-corrected chi connectivity index (χ3v) is 5.27. The molecule has 1 aliphatic heterocycles. The van der Waals surface area contributed by atoms with E-state index in [4.69, 9.17) is 0 Å². The maximum Gasteiger partial charge on any atom is 0.0309 e. The summed E-state index contributed by atoms with van der Waals surface area (Å²) in [5.41, 5.74) is 1.88. The molecule has 1 saturated heterocycles. The van der Waals surface area contributed by atoms with Crippen molar-refractivity contribution in [2.24, 2.45) is 5.92 Å². The molecule has 2 nitrogen and oxygen atoms in total. The Morgan fingerprint density at radius 3 is 2.57 bits per heavy atom. The van der Waals surface area contributed by atoms with Gasteiger partial charge in [0.15, 0.2) is 0 Å². The highest BCUT2D eigenvalue weighted by molar-refractivity contribution is 5.15. The van der Waals surface area contributed by atoms with Crippen LogP contribution in [0.15, 0.2) is 30.3 Å². The number of piperazine rings is 1. The van der Waals surface area contributed by atoms with E-state index in [-0.39, 0.29) is 0 Å². The summed E-state index contributed by atoms with van der Waals surface area (Å²) in [7, 11) is 0. The van der Waals surface area contributed by atoms with Crippen molar-refractivity contribution >= 4 is 0 Å². The molecule has 0 radical (unpaired) electrons. The van der Waals surface area contributed by atoms with E-state index in [0.29, 0.717) is 11.6 Å². The molecule has 1 aromatic rings. The summed E-state index contributed by atoms with van der Waals surface area (Å²) in [4.78, 5) is 2.76. The third-order valence-electron chi connectivity index (χ3n) is 5.27. The van der Waals surface area contributed by atoms with Crippen molar-refractivity contribution in [3.63, 3.8) is 0 Å². The van der Waals surface area contributed by atoms with Gasteiger partial charge in [-0.1, -0.05) is 57.0 Å². The van der Waals surface area contributed by atoms with Gasteiger partial charge in [0.1, 0.15) is 0 Å². The van der Waals surface area contributed by atoms with Crippen LogP contribution >= 0.6 is 0 Å². The van der Waals surface area contributed by atoms with Crippen molar-refractivity contribution in [1.82, 2.24) is 10.2 Å². The summed E-state index contributed by atoms with van der Waals surface area (Å²) in [5.74, 6) is 0.771. The van der Waals surface area contributed by atoms with Gasteiger partial charge in [0, 0.05) is 31.2 Å². The fourth-order valence-corrected chi connectivity index (χ4v) is 4.20. The molecule has 1 heterocycles. The second kappa shape index (κ2) is 6.50. The first kappa shape index (κ1) is 15.1. The van der Waals surface area contributed by atoms with Gasteiger partial charge in [0.25, 0.3) is 0 Å². The Bertz CT molecular complexity index is 434. The number of nitrogens with one attached hydrogen (secondary N) is 1. The minimum absolute atomic E-state index is 0.419. The van der Waals surface area contributed by atoms with E-state index in [9.17, 15) is 0 Å². The van der Waals surface area contributed by atoms with Crippen LogP contribution in [0.5, 0.6) is 0 Å². The highest BCUT2D eigenvalue weighted by Gasteiger charge is 2.40. The van der Waals surface area contributed by atoms with Crippen LogP contribution < -0.4 is 5.32 Å². The maximum absolute atomic E-state index is 3.92. The van der Waals surface area contributed by atoms with E-state index in [0.717, 1.165) is 12.5 Å². The first-order valence-corrected chi connectivity index (χ1v) is 8.70. The summed E-state index contributed by atoms with van der Waals surface area (Å²) in [5, 5.41) is 3.92. The minimum atomic E-state index is 0.419. The Morgan fingerprint density at radius 1 is 1.19 bits per heavy atom. The summed E-state index contributed by atoms with van der Waals surface area (Å²) in [6, 6.07) is 11.7. The summed E-state index contributed by atoms with van der Waals surface area (Å²) >= 11 is 0. The number of benzene rings is 1. The van der Waals surface area contributed by atoms with Crippen molar-refractivity contribution in [1.29, 1.82) is 0 Å². The molecule has 1 saturated carbocycles. The summed E-state index contributed by atoms with van der Waals surface area (Å²) in [6.07, 6.45) is 6.84. The Hall–Kier alpha value is -0.860. The lowest BCUT2D eigenvalue weighted by molar-refractivity contribution is 0.0630. The zero-order valence-electron chi connectivity index (χ0n) is 13.6. The van der Waals surface area contributed by atoms with Gasteiger partial charge in [-0.15, -0.1) is 0 Å². The molecule has 0 bridgehead atoms. The first-order valence-electron chi connectivity index (χ1n) is 8.70. The van der Waals surface area contributed by atoms with Crippen molar-refractivity contribution in [2.45, 2.75) is 64.1 Å². The molecule has 1 unspecified atom stereocenters. The van der Waals surface area contributed by atoms with Crippen molar-refractivity contribution in [2.75, 3.05) is 13.1 Å². The van der Waals surface area contributed by atoms with Gasteiger partial charge < -0.3 is 5.32 Å². The molecule has 3 rings (SSSR count). The van der Waals surface area contributed by atoms with E-state index in [2.05, 4.69) is 54.4 Å². The summed E-state index contributed by atoms with van der Waals surface area (Å²) < 4.78 is 0. The second-order valence-electron chi connectivity index (χ2n) is 7.54. The minimum Gasteiger partial charge on any atom is -0.308 e. The predicted molar refractivity (Wildman–Crippen MR) is 89.3 cm³/mol. The van der Waals surface area contributed by atoms with Gasteiger partial charge in [-0.05, 0) is 30.7 Å². The van der Waals surface area contributed by atoms with Crippen molar-refractivity contribution < 1.29 is 0 Å². The Kier molecular flexibility index (Phi) is 4.66. The Balaban J connectivity index is 1.72. The van der Waals surface area contributed by atoms with Crippen molar-refractivity contribution in [3.05, 3.63) is 35.9 Å². The number of hydrogen-bond donors (Lipinski definition) is 1. The molecule has 1 spiro atoms. The van der Waals surface area contributed by atoms with Crippen LogP contribution in [0.25, 0.3) is 0 Å². The SMILES string of the molecule is CC(C)CC1CNC2(CCCC2)CN1Cc1ccccc1. The molecule has 21 heavy (non-hydrogen) atoms. The Labute approximate surface area is 129 Å². The lowest BCUT2D eigenvalue weighted by atomic mass is 9.89. The molecular weight excluding hydrogens is 256 g/mol.